The van der Waals surface area contributed by atoms with Crippen molar-refractivity contribution in [3.8, 4) is 5.75 Å². The first-order valence-electron chi connectivity index (χ1n) is 8.08. The fourth-order valence-electron chi connectivity index (χ4n) is 3.82. The first-order valence-corrected chi connectivity index (χ1v) is 8.08. The summed E-state index contributed by atoms with van der Waals surface area (Å²) in [4.78, 5) is 14.9. The molecule has 0 aliphatic carbocycles. The van der Waals surface area contributed by atoms with E-state index in [4.69, 9.17) is 4.74 Å². The predicted molar refractivity (Wildman–Crippen MR) is 96.8 cm³/mol. The Balaban J connectivity index is 0.000000960. The molecule has 1 aromatic rings. The molecule has 4 rings (SSSR count). The zero-order valence-corrected chi connectivity index (χ0v) is 14.8. The van der Waals surface area contributed by atoms with Crippen molar-refractivity contribution in [2.24, 2.45) is 0 Å². The highest BCUT2D eigenvalue weighted by molar-refractivity contribution is 6.00. The monoisotopic (exact) mass is 358 g/mol. The summed E-state index contributed by atoms with van der Waals surface area (Å²) in [6.07, 6.45) is 4.89. The molecule has 1 spiro atoms. The third-order valence-electron chi connectivity index (χ3n) is 5.06. The molecule has 0 aromatic heterocycles. The molecule has 1 N–H and O–H groups in total. The number of halogens is 2. The minimum Gasteiger partial charge on any atom is -0.486 e. The predicted octanol–water partition coefficient (Wildman–Crippen LogP) is 3.22. The first kappa shape index (κ1) is 18.4. The van der Waals surface area contributed by atoms with E-state index in [0.29, 0.717) is 6.42 Å². The van der Waals surface area contributed by atoms with Gasteiger partial charge in [-0.1, -0.05) is 0 Å². The summed E-state index contributed by atoms with van der Waals surface area (Å²) in [5, 5.41) is 3.35. The number of nitrogens with one attached hydrogen (secondary N) is 1. The van der Waals surface area contributed by atoms with Gasteiger partial charge < -0.3 is 15.0 Å². The van der Waals surface area contributed by atoms with Gasteiger partial charge in [0, 0.05) is 37.7 Å². The van der Waals surface area contributed by atoms with E-state index in [2.05, 4.69) is 22.3 Å². The van der Waals surface area contributed by atoms with Gasteiger partial charge in [-0.25, -0.2) is 0 Å². The first-order chi connectivity index (χ1) is 10.3. The summed E-state index contributed by atoms with van der Waals surface area (Å²) in [7, 11) is 0. The molecule has 0 radical (unpaired) electrons. The van der Waals surface area contributed by atoms with Crippen LogP contribution in [0.25, 0.3) is 0 Å². The van der Waals surface area contributed by atoms with Gasteiger partial charge in [-0.05, 0) is 38.1 Å². The third-order valence-corrected chi connectivity index (χ3v) is 5.06. The second-order valence-electron chi connectivity index (χ2n) is 6.51. The van der Waals surface area contributed by atoms with Crippen molar-refractivity contribution < 1.29 is 9.53 Å². The Labute approximate surface area is 149 Å². The van der Waals surface area contributed by atoms with Crippen LogP contribution in [0.15, 0.2) is 18.2 Å². The van der Waals surface area contributed by atoms with Crippen LogP contribution in [-0.4, -0.2) is 37.6 Å². The highest BCUT2D eigenvalue weighted by Crippen LogP contribution is 2.40. The lowest BCUT2D eigenvalue weighted by Gasteiger charge is -2.41. The van der Waals surface area contributed by atoms with E-state index in [1.807, 2.05) is 6.07 Å². The zero-order chi connectivity index (χ0) is 14.3. The molecule has 3 aliphatic rings. The van der Waals surface area contributed by atoms with Gasteiger partial charge in [0.05, 0.1) is 12.0 Å². The largest absolute Gasteiger partial charge is 0.486 e. The number of piperidine rings is 1. The van der Waals surface area contributed by atoms with E-state index in [1.54, 1.807) is 0 Å². The number of fused-ring (bicyclic) bond motifs is 1. The van der Waals surface area contributed by atoms with E-state index in [-0.39, 0.29) is 36.2 Å². The highest BCUT2D eigenvalue weighted by atomic mass is 35.5. The summed E-state index contributed by atoms with van der Waals surface area (Å²) in [6.45, 7) is 4.10. The van der Waals surface area contributed by atoms with Crippen molar-refractivity contribution in [3.63, 3.8) is 0 Å². The molecule has 1 aromatic carbocycles. The van der Waals surface area contributed by atoms with Crippen LogP contribution in [0.5, 0.6) is 5.75 Å². The lowest BCUT2D eigenvalue weighted by Crippen LogP contribution is -2.49. The number of nitrogens with zero attached hydrogens (tertiary/aromatic N) is 1. The quantitative estimate of drug-likeness (QED) is 0.836. The number of hydrogen-bond donors (Lipinski definition) is 1. The highest BCUT2D eigenvalue weighted by Gasteiger charge is 2.41. The van der Waals surface area contributed by atoms with Crippen LogP contribution in [0.4, 0.5) is 5.69 Å². The SMILES string of the molecule is Cl.Cl.O=C1CC2(CCNCC2)Oc2cc(N3CCCC3)ccc21. The van der Waals surface area contributed by atoms with Crippen molar-refractivity contribution in [3.05, 3.63) is 23.8 Å². The molecule has 0 atom stereocenters. The number of ketones is 1. The number of ether oxygens (including phenoxy) is 1. The second-order valence-corrected chi connectivity index (χ2v) is 6.51. The molecule has 4 nitrogen and oxygen atoms in total. The number of carbonyl (C=O) groups excluding carboxylic acids is 1. The topological polar surface area (TPSA) is 41.6 Å². The Morgan fingerprint density at radius 1 is 1.09 bits per heavy atom. The Hall–Kier alpha value is -0.970. The van der Waals surface area contributed by atoms with Gasteiger partial charge >= 0.3 is 0 Å². The summed E-state index contributed by atoms with van der Waals surface area (Å²) in [5.41, 5.74) is 1.70. The Morgan fingerprint density at radius 2 is 1.78 bits per heavy atom. The molecule has 0 bridgehead atoms. The second kappa shape index (κ2) is 7.29. The van der Waals surface area contributed by atoms with Gasteiger partial charge in [-0.15, -0.1) is 24.8 Å². The molecule has 6 heteroatoms. The van der Waals surface area contributed by atoms with Gasteiger partial charge in [0.1, 0.15) is 11.4 Å². The molecule has 23 heavy (non-hydrogen) atoms. The maximum atomic E-state index is 12.5. The molecule has 0 unspecified atom stereocenters. The van der Waals surface area contributed by atoms with Crippen molar-refractivity contribution in [2.75, 3.05) is 31.1 Å². The van der Waals surface area contributed by atoms with E-state index < -0.39 is 0 Å². The smallest absolute Gasteiger partial charge is 0.170 e. The van der Waals surface area contributed by atoms with Gasteiger partial charge in [0.2, 0.25) is 0 Å². The van der Waals surface area contributed by atoms with Gasteiger partial charge in [0.15, 0.2) is 5.78 Å². The van der Waals surface area contributed by atoms with E-state index in [9.17, 15) is 4.79 Å². The summed E-state index contributed by atoms with van der Waals surface area (Å²) < 4.78 is 6.34. The minimum absolute atomic E-state index is 0. The average Bonchev–Trinajstić information content (AvgIpc) is 3.01. The van der Waals surface area contributed by atoms with E-state index in [1.165, 1.54) is 18.5 Å². The van der Waals surface area contributed by atoms with Crippen molar-refractivity contribution >= 4 is 36.3 Å². The van der Waals surface area contributed by atoms with E-state index >= 15 is 0 Å². The Kier molecular flexibility index (Phi) is 5.82. The number of anilines is 1. The van der Waals surface area contributed by atoms with Crippen LogP contribution in [-0.2, 0) is 0 Å². The van der Waals surface area contributed by atoms with Crippen LogP contribution >= 0.6 is 24.8 Å². The van der Waals surface area contributed by atoms with Gasteiger partial charge in [-0.3, -0.25) is 4.79 Å². The van der Waals surface area contributed by atoms with Crippen molar-refractivity contribution in [2.45, 2.75) is 37.7 Å². The lowest BCUT2D eigenvalue weighted by molar-refractivity contribution is 0.0188. The molecular weight excluding hydrogens is 335 g/mol. The zero-order valence-electron chi connectivity index (χ0n) is 13.2. The summed E-state index contributed by atoms with van der Waals surface area (Å²) >= 11 is 0. The summed E-state index contributed by atoms with van der Waals surface area (Å²) in [5.74, 6) is 1.05. The normalized spacial score (nSPS) is 21.9. The molecule has 3 heterocycles. The van der Waals surface area contributed by atoms with Crippen molar-refractivity contribution in [1.29, 1.82) is 0 Å². The maximum Gasteiger partial charge on any atom is 0.170 e. The summed E-state index contributed by atoms with van der Waals surface area (Å²) in [6, 6.07) is 6.12. The average molecular weight is 359 g/mol. The van der Waals surface area contributed by atoms with Gasteiger partial charge in [0.25, 0.3) is 0 Å². The van der Waals surface area contributed by atoms with Crippen molar-refractivity contribution in [1.82, 2.24) is 5.32 Å². The van der Waals surface area contributed by atoms with Crippen LogP contribution in [0.3, 0.4) is 0 Å². The molecule has 3 aliphatic heterocycles. The molecular formula is C17H24Cl2N2O2. The van der Waals surface area contributed by atoms with Crippen LogP contribution in [0.2, 0.25) is 0 Å². The van der Waals surface area contributed by atoms with Crippen LogP contribution < -0.4 is 15.0 Å². The Morgan fingerprint density at radius 3 is 2.48 bits per heavy atom. The van der Waals surface area contributed by atoms with Crippen LogP contribution in [0, 0.1) is 0 Å². The van der Waals surface area contributed by atoms with Crippen LogP contribution in [0.1, 0.15) is 42.5 Å². The lowest BCUT2D eigenvalue weighted by atomic mass is 9.83. The number of carbonyl (C=O) groups is 1. The fourth-order valence-corrected chi connectivity index (χ4v) is 3.82. The third kappa shape index (κ3) is 3.44. The molecule has 128 valence electrons. The standard InChI is InChI=1S/C17H22N2O2.2ClH/c20-15-12-17(5-7-18-8-6-17)21-16-11-13(3-4-14(15)16)19-9-1-2-10-19;;/h3-4,11,18H,1-2,5-10,12H2;2*1H. The van der Waals surface area contributed by atoms with E-state index in [0.717, 1.165) is 50.3 Å². The van der Waals surface area contributed by atoms with Gasteiger partial charge in [-0.2, -0.15) is 0 Å². The number of benzene rings is 1. The number of rotatable bonds is 1. The fraction of sp³-hybridized carbons (Fsp3) is 0.588. The number of hydrogen-bond acceptors (Lipinski definition) is 4. The Bertz CT molecular complexity index is 568. The molecule has 2 fully saturated rings. The maximum absolute atomic E-state index is 12.5. The molecule has 0 saturated carbocycles. The molecule has 2 saturated heterocycles. The molecule has 0 amide bonds. The number of Topliss-reactive ketones (excluding diaryl/α,β-unsaturated/α-hetero) is 1. The minimum atomic E-state index is -0.265.